The minimum atomic E-state index is -0.806. The summed E-state index contributed by atoms with van der Waals surface area (Å²) in [6.45, 7) is 4.56. The number of methoxy groups -OCH3 is 1. The van der Waals surface area contributed by atoms with Crippen LogP contribution in [0.4, 0.5) is 11.4 Å². The molecule has 0 spiro atoms. The lowest BCUT2D eigenvalue weighted by Gasteiger charge is -2.17. The van der Waals surface area contributed by atoms with Crippen LogP contribution < -0.4 is 20.1 Å². The maximum atomic E-state index is 12.2. The van der Waals surface area contributed by atoms with Crippen molar-refractivity contribution in [1.29, 1.82) is 0 Å². The molecule has 3 N–H and O–H groups in total. The Hall–Kier alpha value is -4.08. The third kappa shape index (κ3) is 7.52. The number of anilines is 2. The van der Waals surface area contributed by atoms with Gasteiger partial charge in [0.2, 0.25) is 0 Å². The Labute approximate surface area is 243 Å². The number of carbonyl (C=O) groups excluding carboxylic acids is 1. The summed E-state index contributed by atoms with van der Waals surface area (Å²) in [5, 5.41) is 9.69. The van der Waals surface area contributed by atoms with Gasteiger partial charge in [-0.1, -0.05) is 53.2 Å². The molecule has 1 aromatic heterocycles. The Balaban J connectivity index is 1.37. The number of aromatic nitrogens is 1. The van der Waals surface area contributed by atoms with Crippen molar-refractivity contribution >= 4 is 40.8 Å². The highest BCUT2D eigenvalue weighted by Crippen LogP contribution is 2.36. The topological polar surface area (TPSA) is 105 Å². The number of carbonyl (C=O) groups is 1. The monoisotopic (exact) mass is 575 g/mol. The first kappa shape index (κ1) is 28.9. The number of amides is 1. The maximum Gasteiger partial charge on any atom is 0.270 e. The number of nitroso groups, excluding NO2 is 1. The number of hydrogen-bond acceptors (Lipinski definition) is 8. The zero-order valence-electron chi connectivity index (χ0n) is 22.4. The standard InChI is InChI=1S/C30H30ClN5O3S/c1-30(2,36-38)22-8-4-7-20(17-22)21-13-14-26(39-3)27(18-21)40-35-24-10-5-9-23(19-24)32-15-16-33-29(37)25-11-6-12-28(31)34-25/h4-14,17-19,32,35H,15-16H2,1-3H3,(H,33,37). The van der Waals surface area contributed by atoms with E-state index in [1.54, 1.807) is 39.2 Å². The second-order valence-corrected chi connectivity index (χ2v) is 10.6. The van der Waals surface area contributed by atoms with Crippen molar-refractivity contribution in [3.63, 3.8) is 0 Å². The fourth-order valence-electron chi connectivity index (χ4n) is 3.88. The van der Waals surface area contributed by atoms with Crippen LogP contribution in [0.1, 0.15) is 29.9 Å². The van der Waals surface area contributed by atoms with Gasteiger partial charge in [0.15, 0.2) is 0 Å². The van der Waals surface area contributed by atoms with E-state index in [0.717, 1.165) is 38.7 Å². The summed E-state index contributed by atoms with van der Waals surface area (Å²) in [5.74, 6) is 0.467. The van der Waals surface area contributed by atoms with Crippen LogP contribution in [0.3, 0.4) is 0 Å². The molecule has 206 valence electrons. The van der Waals surface area contributed by atoms with Gasteiger partial charge < -0.3 is 20.1 Å². The average molecular weight is 576 g/mol. The van der Waals surface area contributed by atoms with Gasteiger partial charge in [-0.05, 0) is 91.0 Å². The van der Waals surface area contributed by atoms with E-state index in [1.807, 2.05) is 60.7 Å². The second kappa shape index (κ2) is 13.3. The molecule has 0 aliphatic heterocycles. The molecule has 1 heterocycles. The van der Waals surface area contributed by atoms with Gasteiger partial charge in [0.05, 0.1) is 12.0 Å². The highest BCUT2D eigenvalue weighted by atomic mass is 35.5. The Morgan fingerprint density at radius 2 is 1.70 bits per heavy atom. The van der Waals surface area contributed by atoms with Crippen molar-refractivity contribution in [3.8, 4) is 16.9 Å². The van der Waals surface area contributed by atoms with E-state index in [9.17, 15) is 9.70 Å². The fraction of sp³-hybridized carbons (Fsp3) is 0.200. The lowest BCUT2D eigenvalue weighted by atomic mass is 9.92. The van der Waals surface area contributed by atoms with Crippen molar-refractivity contribution in [2.45, 2.75) is 24.3 Å². The second-order valence-electron chi connectivity index (χ2n) is 9.41. The van der Waals surface area contributed by atoms with Gasteiger partial charge in [0, 0.05) is 24.5 Å². The SMILES string of the molecule is COc1ccc(-c2cccc(C(C)(C)N=O)c2)cc1SNc1cccc(NCCNC(=O)c2cccc(Cl)n2)c1. The summed E-state index contributed by atoms with van der Waals surface area (Å²) in [7, 11) is 1.64. The Kier molecular flexibility index (Phi) is 9.63. The quantitative estimate of drug-likeness (QED) is 0.0700. The molecule has 0 atom stereocenters. The Morgan fingerprint density at radius 3 is 2.48 bits per heavy atom. The first-order valence-electron chi connectivity index (χ1n) is 12.6. The number of hydrogen-bond donors (Lipinski definition) is 3. The zero-order valence-corrected chi connectivity index (χ0v) is 24.0. The summed E-state index contributed by atoms with van der Waals surface area (Å²) in [4.78, 5) is 28.5. The highest BCUT2D eigenvalue weighted by Gasteiger charge is 2.21. The normalized spacial score (nSPS) is 11.0. The molecule has 8 nitrogen and oxygen atoms in total. The van der Waals surface area contributed by atoms with Crippen LogP contribution in [0.5, 0.6) is 5.75 Å². The molecule has 0 unspecified atom stereocenters. The van der Waals surface area contributed by atoms with Gasteiger partial charge in [-0.15, -0.1) is 4.91 Å². The molecular weight excluding hydrogens is 546 g/mol. The summed E-state index contributed by atoms with van der Waals surface area (Å²) in [6, 6.07) is 26.6. The number of rotatable bonds is 12. The molecule has 40 heavy (non-hydrogen) atoms. The molecule has 0 aliphatic carbocycles. The summed E-state index contributed by atoms with van der Waals surface area (Å²) >= 11 is 7.30. The number of halogens is 1. The van der Waals surface area contributed by atoms with Crippen molar-refractivity contribution in [3.05, 3.63) is 106 Å². The number of benzene rings is 3. The predicted molar refractivity (Wildman–Crippen MR) is 163 cm³/mol. The van der Waals surface area contributed by atoms with E-state index in [4.69, 9.17) is 16.3 Å². The largest absolute Gasteiger partial charge is 0.496 e. The van der Waals surface area contributed by atoms with E-state index in [-0.39, 0.29) is 16.8 Å². The highest BCUT2D eigenvalue weighted by molar-refractivity contribution is 8.00. The molecule has 0 saturated heterocycles. The molecule has 0 aliphatic rings. The van der Waals surface area contributed by atoms with Gasteiger partial charge in [-0.3, -0.25) is 4.79 Å². The van der Waals surface area contributed by atoms with Crippen molar-refractivity contribution < 1.29 is 9.53 Å². The minimum absolute atomic E-state index is 0.275. The van der Waals surface area contributed by atoms with Crippen molar-refractivity contribution in [2.75, 3.05) is 30.2 Å². The van der Waals surface area contributed by atoms with Crippen LogP contribution in [-0.4, -0.2) is 31.1 Å². The van der Waals surface area contributed by atoms with E-state index in [2.05, 4.69) is 31.6 Å². The maximum absolute atomic E-state index is 12.2. The first-order valence-corrected chi connectivity index (χ1v) is 13.8. The van der Waals surface area contributed by atoms with Crippen LogP contribution in [-0.2, 0) is 5.54 Å². The molecular formula is C30H30ClN5O3S. The molecule has 4 aromatic rings. The van der Waals surface area contributed by atoms with E-state index in [0.29, 0.717) is 13.1 Å². The smallest absolute Gasteiger partial charge is 0.270 e. The lowest BCUT2D eigenvalue weighted by molar-refractivity contribution is 0.0950. The number of pyridine rings is 1. The Morgan fingerprint density at radius 1 is 0.950 bits per heavy atom. The third-order valence-corrected chi connectivity index (χ3v) is 7.21. The van der Waals surface area contributed by atoms with Gasteiger partial charge >= 0.3 is 0 Å². The lowest BCUT2D eigenvalue weighted by Crippen LogP contribution is -2.29. The van der Waals surface area contributed by atoms with Crippen LogP contribution in [0, 0.1) is 4.91 Å². The number of ether oxygens (including phenoxy) is 1. The zero-order chi connectivity index (χ0) is 28.5. The summed E-state index contributed by atoms with van der Waals surface area (Å²) in [6.07, 6.45) is 0. The molecule has 0 bridgehead atoms. The molecule has 0 saturated carbocycles. The number of nitrogens with one attached hydrogen (secondary N) is 3. The van der Waals surface area contributed by atoms with Crippen molar-refractivity contribution in [2.24, 2.45) is 5.18 Å². The first-order chi connectivity index (χ1) is 19.3. The van der Waals surface area contributed by atoms with E-state index in [1.165, 1.54) is 11.9 Å². The van der Waals surface area contributed by atoms with Crippen LogP contribution in [0.15, 0.2) is 95.0 Å². The number of nitrogens with zero attached hydrogens (tertiary/aromatic N) is 2. The van der Waals surface area contributed by atoms with Crippen LogP contribution >= 0.6 is 23.5 Å². The predicted octanol–water partition coefficient (Wildman–Crippen LogP) is 7.37. The van der Waals surface area contributed by atoms with E-state index < -0.39 is 5.54 Å². The average Bonchev–Trinajstić information content (AvgIpc) is 2.98. The summed E-state index contributed by atoms with van der Waals surface area (Å²) in [5.41, 5.74) is 4.12. The molecule has 4 rings (SSSR count). The molecule has 1 amide bonds. The molecule has 3 aromatic carbocycles. The fourth-order valence-corrected chi connectivity index (χ4v) is 4.84. The van der Waals surface area contributed by atoms with E-state index >= 15 is 0 Å². The van der Waals surface area contributed by atoms with Crippen LogP contribution in [0.2, 0.25) is 5.15 Å². The summed E-state index contributed by atoms with van der Waals surface area (Å²) < 4.78 is 8.98. The van der Waals surface area contributed by atoms with Gasteiger partial charge in [-0.25, -0.2) is 4.98 Å². The molecule has 0 fully saturated rings. The van der Waals surface area contributed by atoms with Gasteiger partial charge in [0.1, 0.15) is 22.1 Å². The molecule has 10 heteroatoms. The minimum Gasteiger partial charge on any atom is -0.496 e. The van der Waals surface area contributed by atoms with Crippen molar-refractivity contribution in [1.82, 2.24) is 10.3 Å². The Bertz CT molecular complexity index is 1500. The van der Waals surface area contributed by atoms with Gasteiger partial charge in [0.25, 0.3) is 5.91 Å². The molecule has 0 radical (unpaired) electrons. The van der Waals surface area contributed by atoms with Gasteiger partial charge in [-0.2, -0.15) is 0 Å². The third-order valence-electron chi connectivity index (χ3n) is 6.12. The van der Waals surface area contributed by atoms with Crippen LogP contribution in [0.25, 0.3) is 11.1 Å².